The van der Waals surface area contributed by atoms with Crippen LogP contribution in [0.25, 0.3) is 0 Å². The van der Waals surface area contributed by atoms with Crippen LogP contribution in [0.3, 0.4) is 0 Å². The zero-order chi connectivity index (χ0) is 13.7. The molecule has 0 saturated carbocycles. The van der Waals surface area contributed by atoms with Crippen molar-refractivity contribution >= 4 is 11.9 Å². The van der Waals surface area contributed by atoms with E-state index in [1.165, 1.54) is 19.1 Å². The number of nitrogens with two attached hydrogens (primary N) is 1. The normalized spacial score (nSPS) is 13.7. The fraction of sp³-hybridized carbons (Fsp3) is 0.333. The molecule has 1 unspecified atom stereocenters. The van der Waals surface area contributed by atoms with Gasteiger partial charge in [-0.15, -0.1) is 0 Å². The number of carbonyl (C=O) groups excluding carboxylic acids is 1. The van der Waals surface area contributed by atoms with Gasteiger partial charge in [-0.25, -0.2) is 0 Å². The van der Waals surface area contributed by atoms with Gasteiger partial charge in [-0.2, -0.15) is 0 Å². The van der Waals surface area contributed by atoms with Crippen LogP contribution in [-0.2, 0) is 16.0 Å². The summed E-state index contributed by atoms with van der Waals surface area (Å²) in [6.07, 6.45) is 0.276. The Morgan fingerprint density at radius 2 is 1.89 bits per heavy atom. The fourth-order valence-electron chi connectivity index (χ4n) is 1.36. The summed E-state index contributed by atoms with van der Waals surface area (Å²) in [7, 11) is 0. The van der Waals surface area contributed by atoms with Crippen LogP contribution in [0, 0.1) is 0 Å². The lowest BCUT2D eigenvalue weighted by molar-refractivity contribution is -0.141. The molecule has 0 radical (unpaired) electrons. The maximum Gasteiger partial charge on any atom is 0.325 e. The first-order chi connectivity index (χ1) is 8.40. The molecule has 18 heavy (non-hydrogen) atoms. The van der Waals surface area contributed by atoms with E-state index in [9.17, 15) is 9.59 Å². The second-order valence-electron chi connectivity index (χ2n) is 4.05. The molecule has 0 heterocycles. The molecule has 0 spiro atoms. The van der Waals surface area contributed by atoms with Crippen LogP contribution in [-0.4, -0.2) is 34.2 Å². The van der Waals surface area contributed by atoms with Crippen LogP contribution in [0.4, 0.5) is 0 Å². The number of aromatic hydroxyl groups is 1. The first kappa shape index (κ1) is 14.0. The summed E-state index contributed by atoms with van der Waals surface area (Å²) in [5.41, 5.74) is 6.46. The van der Waals surface area contributed by atoms with Crippen LogP contribution in [0.2, 0.25) is 0 Å². The highest BCUT2D eigenvalue weighted by atomic mass is 16.4. The number of benzene rings is 1. The van der Waals surface area contributed by atoms with E-state index in [1.54, 1.807) is 12.1 Å². The summed E-state index contributed by atoms with van der Waals surface area (Å²) in [6.45, 7) is 1.37. The van der Waals surface area contributed by atoms with Crippen LogP contribution >= 0.6 is 0 Å². The van der Waals surface area contributed by atoms with Gasteiger partial charge in [-0.05, 0) is 31.0 Å². The molecule has 0 bridgehead atoms. The second-order valence-corrected chi connectivity index (χ2v) is 4.05. The Kier molecular flexibility index (Phi) is 4.67. The SMILES string of the molecule is C[C@H](NC(=O)C(N)Cc1ccc(O)cc1)C(=O)O. The summed E-state index contributed by atoms with van der Waals surface area (Å²) < 4.78 is 0. The molecular formula is C12H16N2O4. The fourth-order valence-corrected chi connectivity index (χ4v) is 1.36. The van der Waals surface area contributed by atoms with E-state index >= 15 is 0 Å². The minimum atomic E-state index is -1.11. The Hall–Kier alpha value is -2.08. The van der Waals surface area contributed by atoms with Gasteiger partial charge in [0, 0.05) is 0 Å². The van der Waals surface area contributed by atoms with Crippen LogP contribution in [0.5, 0.6) is 5.75 Å². The number of aliphatic carboxylic acids is 1. The summed E-state index contributed by atoms with van der Waals surface area (Å²) >= 11 is 0. The van der Waals surface area contributed by atoms with Gasteiger partial charge in [0.2, 0.25) is 5.91 Å². The smallest absolute Gasteiger partial charge is 0.325 e. The van der Waals surface area contributed by atoms with E-state index in [2.05, 4.69) is 5.32 Å². The van der Waals surface area contributed by atoms with Crippen molar-refractivity contribution in [1.29, 1.82) is 0 Å². The number of hydrogen-bond donors (Lipinski definition) is 4. The molecule has 98 valence electrons. The number of rotatable bonds is 5. The molecule has 6 heteroatoms. The molecule has 2 atom stereocenters. The van der Waals surface area contributed by atoms with Gasteiger partial charge in [-0.1, -0.05) is 12.1 Å². The predicted molar refractivity (Wildman–Crippen MR) is 65.0 cm³/mol. The highest BCUT2D eigenvalue weighted by molar-refractivity contribution is 5.86. The highest BCUT2D eigenvalue weighted by Crippen LogP contribution is 2.10. The Labute approximate surface area is 104 Å². The average molecular weight is 252 g/mol. The summed E-state index contributed by atoms with van der Waals surface area (Å²) in [5, 5.41) is 20.1. The van der Waals surface area contributed by atoms with Crippen molar-refractivity contribution in [2.24, 2.45) is 5.73 Å². The molecule has 0 fully saturated rings. The van der Waals surface area contributed by atoms with Gasteiger partial charge in [0.25, 0.3) is 0 Å². The maximum atomic E-state index is 11.6. The molecular weight excluding hydrogens is 236 g/mol. The molecule has 0 aliphatic carbocycles. The van der Waals surface area contributed by atoms with Crippen molar-refractivity contribution in [1.82, 2.24) is 5.32 Å². The lowest BCUT2D eigenvalue weighted by Gasteiger charge is -2.14. The lowest BCUT2D eigenvalue weighted by atomic mass is 10.1. The van der Waals surface area contributed by atoms with E-state index < -0.39 is 24.0 Å². The number of phenols is 1. The molecule has 0 aliphatic rings. The van der Waals surface area contributed by atoms with Gasteiger partial charge < -0.3 is 21.3 Å². The van der Waals surface area contributed by atoms with Crippen LogP contribution in [0.1, 0.15) is 12.5 Å². The van der Waals surface area contributed by atoms with E-state index in [0.717, 1.165) is 5.56 Å². The number of carboxylic acid groups (broad SMARTS) is 1. The molecule has 0 aromatic heterocycles. The zero-order valence-corrected chi connectivity index (χ0v) is 9.96. The largest absolute Gasteiger partial charge is 0.508 e. The van der Waals surface area contributed by atoms with Crippen molar-refractivity contribution in [2.45, 2.75) is 25.4 Å². The van der Waals surface area contributed by atoms with E-state index in [-0.39, 0.29) is 12.2 Å². The quantitative estimate of drug-likeness (QED) is 0.582. The van der Waals surface area contributed by atoms with Crippen molar-refractivity contribution in [2.75, 3.05) is 0 Å². The Bertz CT molecular complexity index is 430. The standard InChI is InChI=1S/C12H16N2O4/c1-7(12(17)18)14-11(16)10(13)6-8-2-4-9(15)5-3-8/h2-5,7,10,15H,6,13H2,1H3,(H,14,16)(H,17,18)/t7-,10?/m0/s1. The number of hydrogen-bond acceptors (Lipinski definition) is 4. The van der Waals surface area contributed by atoms with Crippen LogP contribution < -0.4 is 11.1 Å². The summed E-state index contributed by atoms with van der Waals surface area (Å²) in [6, 6.07) is 4.52. The van der Waals surface area contributed by atoms with Crippen molar-refractivity contribution in [3.8, 4) is 5.75 Å². The molecule has 5 N–H and O–H groups in total. The monoisotopic (exact) mass is 252 g/mol. The first-order valence-electron chi connectivity index (χ1n) is 5.47. The van der Waals surface area contributed by atoms with E-state index in [0.29, 0.717) is 0 Å². The lowest BCUT2D eigenvalue weighted by Crippen LogP contribution is -2.47. The molecule has 0 aliphatic heterocycles. The third kappa shape index (κ3) is 4.06. The molecule has 1 amide bonds. The summed E-state index contributed by atoms with van der Waals surface area (Å²) in [5.74, 6) is -1.49. The molecule has 1 aromatic carbocycles. The molecule has 6 nitrogen and oxygen atoms in total. The molecule has 1 aromatic rings. The highest BCUT2D eigenvalue weighted by Gasteiger charge is 2.19. The summed E-state index contributed by atoms with van der Waals surface area (Å²) in [4.78, 5) is 22.2. The van der Waals surface area contributed by atoms with E-state index in [4.69, 9.17) is 15.9 Å². The van der Waals surface area contributed by atoms with Gasteiger partial charge in [0.05, 0.1) is 6.04 Å². The van der Waals surface area contributed by atoms with E-state index in [1.807, 2.05) is 0 Å². The molecule has 0 saturated heterocycles. The van der Waals surface area contributed by atoms with Gasteiger partial charge >= 0.3 is 5.97 Å². The number of amides is 1. The maximum absolute atomic E-state index is 11.6. The first-order valence-corrected chi connectivity index (χ1v) is 5.47. The topological polar surface area (TPSA) is 113 Å². The number of phenolic OH excluding ortho intramolecular Hbond substituents is 1. The zero-order valence-electron chi connectivity index (χ0n) is 9.96. The third-order valence-corrected chi connectivity index (χ3v) is 2.46. The number of carbonyl (C=O) groups is 2. The Morgan fingerprint density at radius 1 is 1.33 bits per heavy atom. The van der Waals surface area contributed by atoms with Gasteiger partial charge in [0.15, 0.2) is 0 Å². The van der Waals surface area contributed by atoms with Crippen molar-refractivity contribution < 1.29 is 19.8 Å². The Balaban J connectivity index is 2.54. The second kappa shape index (κ2) is 6.02. The van der Waals surface area contributed by atoms with Crippen molar-refractivity contribution in [3.05, 3.63) is 29.8 Å². The Morgan fingerprint density at radius 3 is 2.39 bits per heavy atom. The third-order valence-electron chi connectivity index (χ3n) is 2.46. The van der Waals surface area contributed by atoms with Gasteiger partial charge in [0.1, 0.15) is 11.8 Å². The van der Waals surface area contributed by atoms with Crippen molar-refractivity contribution in [3.63, 3.8) is 0 Å². The molecule has 1 rings (SSSR count). The number of nitrogens with one attached hydrogen (secondary N) is 1. The average Bonchev–Trinajstić information content (AvgIpc) is 2.31. The minimum Gasteiger partial charge on any atom is -0.508 e. The minimum absolute atomic E-state index is 0.135. The van der Waals surface area contributed by atoms with Crippen LogP contribution in [0.15, 0.2) is 24.3 Å². The van der Waals surface area contributed by atoms with Gasteiger partial charge in [-0.3, -0.25) is 9.59 Å². The predicted octanol–water partition coefficient (Wildman–Crippen LogP) is -0.149. The number of carboxylic acids is 1.